The van der Waals surface area contributed by atoms with Crippen LogP contribution in [0.15, 0.2) is 35.3 Å². The third-order valence-electron chi connectivity index (χ3n) is 4.80. The number of pyridine rings is 1. The van der Waals surface area contributed by atoms with Crippen LogP contribution in [0.25, 0.3) is 5.65 Å². The average Bonchev–Trinajstić information content (AvgIpc) is 2.98. The van der Waals surface area contributed by atoms with Gasteiger partial charge in [0.1, 0.15) is 11.7 Å². The second-order valence-electron chi connectivity index (χ2n) is 6.40. The zero-order valence-corrected chi connectivity index (χ0v) is 13.8. The Morgan fingerprint density at radius 2 is 2.12 bits per heavy atom. The molecule has 26 heavy (non-hydrogen) atoms. The SMILES string of the molecule is O=C(NCc1cc(=O)n2ccccc2n1)C(=O)N1C2CCC1C(=O)NC2. The summed E-state index contributed by atoms with van der Waals surface area (Å²) in [6.07, 6.45) is 2.87. The van der Waals surface area contributed by atoms with Crippen molar-refractivity contribution >= 4 is 23.4 Å². The molecule has 2 fully saturated rings. The molecule has 0 spiro atoms. The number of amides is 3. The number of rotatable bonds is 2. The Morgan fingerprint density at radius 3 is 2.96 bits per heavy atom. The van der Waals surface area contributed by atoms with Crippen LogP contribution in [-0.4, -0.2) is 50.6 Å². The molecule has 0 aromatic carbocycles. The van der Waals surface area contributed by atoms with Gasteiger partial charge in [-0.2, -0.15) is 0 Å². The predicted octanol–water partition coefficient (Wildman–Crippen LogP) is -1.20. The molecule has 0 saturated carbocycles. The number of hydrogen-bond acceptors (Lipinski definition) is 5. The number of fused-ring (bicyclic) bond motifs is 3. The van der Waals surface area contributed by atoms with Gasteiger partial charge in [0, 0.05) is 18.8 Å². The third-order valence-corrected chi connectivity index (χ3v) is 4.80. The largest absolute Gasteiger partial charge is 0.352 e. The minimum Gasteiger partial charge on any atom is -0.352 e. The first kappa shape index (κ1) is 16.2. The van der Waals surface area contributed by atoms with E-state index in [4.69, 9.17) is 0 Å². The van der Waals surface area contributed by atoms with Gasteiger partial charge in [0.15, 0.2) is 0 Å². The number of carbonyl (C=O) groups excluding carboxylic acids is 3. The molecule has 2 aliphatic rings. The molecule has 2 aromatic heterocycles. The molecular weight excluding hydrogens is 338 g/mol. The molecule has 4 heterocycles. The molecule has 2 atom stereocenters. The lowest BCUT2D eigenvalue weighted by Gasteiger charge is -2.33. The molecule has 0 radical (unpaired) electrons. The van der Waals surface area contributed by atoms with Gasteiger partial charge in [-0.1, -0.05) is 6.07 Å². The van der Waals surface area contributed by atoms with E-state index in [9.17, 15) is 19.2 Å². The van der Waals surface area contributed by atoms with Crippen LogP contribution in [0.4, 0.5) is 0 Å². The van der Waals surface area contributed by atoms with Crippen molar-refractivity contribution < 1.29 is 14.4 Å². The standard InChI is InChI=1S/C17H17N5O4/c23-14-7-10(20-13-3-1-2-6-21(13)14)8-18-16(25)17(26)22-11-4-5-12(22)15(24)19-9-11/h1-3,6-7,11-12H,4-5,8-9H2,(H,18,25)(H,19,24). The van der Waals surface area contributed by atoms with Gasteiger partial charge in [-0.05, 0) is 25.0 Å². The number of piperazine rings is 1. The number of aromatic nitrogens is 2. The Hall–Kier alpha value is -3.23. The summed E-state index contributed by atoms with van der Waals surface area (Å²) < 4.78 is 1.39. The first-order chi connectivity index (χ1) is 12.5. The van der Waals surface area contributed by atoms with E-state index >= 15 is 0 Å². The van der Waals surface area contributed by atoms with Crippen LogP contribution < -0.4 is 16.2 Å². The van der Waals surface area contributed by atoms with Gasteiger partial charge in [-0.3, -0.25) is 23.6 Å². The van der Waals surface area contributed by atoms with Gasteiger partial charge in [0.05, 0.1) is 18.3 Å². The van der Waals surface area contributed by atoms with Crippen molar-refractivity contribution in [2.24, 2.45) is 0 Å². The fraction of sp³-hybridized carbons (Fsp3) is 0.353. The lowest BCUT2D eigenvalue weighted by Crippen LogP contribution is -2.60. The Balaban J connectivity index is 1.46. The summed E-state index contributed by atoms with van der Waals surface area (Å²) in [6, 6.07) is 5.76. The molecule has 2 saturated heterocycles. The molecule has 2 N–H and O–H groups in total. The zero-order valence-electron chi connectivity index (χ0n) is 13.8. The highest BCUT2D eigenvalue weighted by molar-refractivity contribution is 6.35. The Bertz CT molecular complexity index is 969. The van der Waals surface area contributed by atoms with E-state index in [1.54, 1.807) is 24.4 Å². The maximum atomic E-state index is 12.5. The molecule has 3 amide bonds. The highest BCUT2D eigenvalue weighted by atomic mass is 16.2. The number of nitrogens with one attached hydrogen (secondary N) is 2. The normalized spacial score (nSPS) is 21.5. The van der Waals surface area contributed by atoms with Crippen molar-refractivity contribution in [1.29, 1.82) is 0 Å². The summed E-state index contributed by atoms with van der Waals surface area (Å²) in [7, 11) is 0. The number of nitrogens with zero attached hydrogens (tertiary/aromatic N) is 3. The molecule has 2 aliphatic heterocycles. The molecule has 9 nitrogen and oxygen atoms in total. The van der Waals surface area contributed by atoms with E-state index in [-0.39, 0.29) is 24.1 Å². The van der Waals surface area contributed by atoms with Crippen molar-refractivity contribution in [1.82, 2.24) is 24.9 Å². The van der Waals surface area contributed by atoms with Gasteiger partial charge in [0.2, 0.25) is 5.91 Å². The third kappa shape index (κ3) is 2.71. The van der Waals surface area contributed by atoms with Crippen LogP contribution in [0.5, 0.6) is 0 Å². The summed E-state index contributed by atoms with van der Waals surface area (Å²) >= 11 is 0. The lowest BCUT2D eigenvalue weighted by atomic mass is 10.2. The van der Waals surface area contributed by atoms with E-state index in [2.05, 4.69) is 15.6 Å². The van der Waals surface area contributed by atoms with E-state index in [0.29, 0.717) is 30.7 Å². The van der Waals surface area contributed by atoms with Gasteiger partial charge in [0.25, 0.3) is 5.56 Å². The summed E-state index contributed by atoms with van der Waals surface area (Å²) in [5, 5.41) is 5.24. The van der Waals surface area contributed by atoms with Gasteiger partial charge in [-0.25, -0.2) is 4.98 Å². The first-order valence-electron chi connectivity index (χ1n) is 8.40. The molecule has 2 aromatic rings. The number of hydrogen-bond donors (Lipinski definition) is 2. The summed E-state index contributed by atoms with van der Waals surface area (Å²) in [6.45, 7) is 0.331. The average molecular weight is 355 g/mol. The summed E-state index contributed by atoms with van der Waals surface area (Å²) in [4.78, 5) is 54.3. The molecule has 0 aliphatic carbocycles. The molecule has 134 valence electrons. The molecular formula is C17H17N5O4. The van der Waals surface area contributed by atoms with Crippen LogP contribution in [-0.2, 0) is 20.9 Å². The minimum atomic E-state index is -0.799. The summed E-state index contributed by atoms with van der Waals surface area (Å²) in [5.41, 5.74) is 0.556. The second kappa shape index (κ2) is 6.25. The van der Waals surface area contributed by atoms with Crippen molar-refractivity contribution in [3.05, 3.63) is 46.5 Å². The lowest BCUT2D eigenvalue weighted by molar-refractivity contribution is -0.151. The second-order valence-corrected chi connectivity index (χ2v) is 6.40. The van der Waals surface area contributed by atoms with Crippen molar-refractivity contribution in [2.75, 3.05) is 6.54 Å². The van der Waals surface area contributed by atoms with Crippen LogP contribution in [0, 0.1) is 0 Å². The molecule has 4 rings (SSSR count). The Kier molecular flexibility index (Phi) is 3.90. The van der Waals surface area contributed by atoms with Crippen LogP contribution in [0.1, 0.15) is 18.5 Å². The monoisotopic (exact) mass is 355 g/mol. The highest BCUT2D eigenvalue weighted by Crippen LogP contribution is 2.27. The first-order valence-corrected chi connectivity index (χ1v) is 8.40. The predicted molar refractivity (Wildman–Crippen MR) is 90.0 cm³/mol. The van der Waals surface area contributed by atoms with E-state index in [1.165, 1.54) is 15.4 Å². The zero-order chi connectivity index (χ0) is 18.3. The van der Waals surface area contributed by atoms with E-state index in [0.717, 1.165) is 0 Å². The van der Waals surface area contributed by atoms with Gasteiger partial charge >= 0.3 is 11.8 Å². The molecule has 2 unspecified atom stereocenters. The van der Waals surface area contributed by atoms with Crippen molar-refractivity contribution in [3.8, 4) is 0 Å². The maximum absolute atomic E-state index is 12.5. The maximum Gasteiger partial charge on any atom is 0.312 e. The van der Waals surface area contributed by atoms with Crippen LogP contribution in [0.3, 0.4) is 0 Å². The highest BCUT2D eigenvalue weighted by Gasteiger charge is 2.46. The fourth-order valence-corrected chi connectivity index (χ4v) is 3.54. The Labute approximate surface area is 148 Å². The number of carbonyl (C=O) groups is 3. The fourth-order valence-electron chi connectivity index (χ4n) is 3.54. The van der Waals surface area contributed by atoms with E-state index < -0.39 is 17.9 Å². The van der Waals surface area contributed by atoms with Gasteiger partial charge < -0.3 is 15.5 Å². The molecule has 2 bridgehead atoms. The quantitative estimate of drug-likeness (QED) is 0.657. The smallest absolute Gasteiger partial charge is 0.312 e. The Morgan fingerprint density at radius 1 is 1.27 bits per heavy atom. The van der Waals surface area contributed by atoms with Crippen LogP contribution >= 0.6 is 0 Å². The van der Waals surface area contributed by atoms with Crippen molar-refractivity contribution in [2.45, 2.75) is 31.5 Å². The topological polar surface area (TPSA) is 113 Å². The summed E-state index contributed by atoms with van der Waals surface area (Å²) in [5.74, 6) is -1.74. The minimum absolute atomic E-state index is 0.0411. The van der Waals surface area contributed by atoms with Crippen molar-refractivity contribution in [3.63, 3.8) is 0 Å². The van der Waals surface area contributed by atoms with E-state index in [1.807, 2.05) is 0 Å². The molecule has 9 heteroatoms. The van der Waals surface area contributed by atoms with Crippen LogP contribution in [0.2, 0.25) is 0 Å². The van der Waals surface area contributed by atoms with Gasteiger partial charge in [-0.15, -0.1) is 0 Å².